The Bertz CT molecular complexity index is 281. The molecule has 1 radical (unpaired) electrons. The zero-order chi connectivity index (χ0) is 11.3. The summed E-state index contributed by atoms with van der Waals surface area (Å²) in [4.78, 5) is 0. The third-order valence-corrected chi connectivity index (χ3v) is 2.08. The number of benzene rings is 1. The van der Waals surface area contributed by atoms with Gasteiger partial charge in [0.1, 0.15) is 11.5 Å². The van der Waals surface area contributed by atoms with E-state index >= 15 is 0 Å². The molecule has 0 saturated carbocycles. The molecule has 0 aliphatic rings. The molecule has 2 heteroatoms. The Labute approximate surface area is 92.2 Å². The van der Waals surface area contributed by atoms with Crippen molar-refractivity contribution in [3.8, 4) is 11.5 Å². The summed E-state index contributed by atoms with van der Waals surface area (Å²) in [6, 6.07) is 6.02. The second-order valence-corrected chi connectivity index (χ2v) is 3.56. The van der Waals surface area contributed by atoms with Crippen LogP contribution < -0.4 is 9.47 Å². The number of hydrogen-bond donors (Lipinski definition) is 0. The first-order valence-corrected chi connectivity index (χ1v) is 5.38. The highest BCUT2D eigenvalue weighted by atomic mass is 16.5. The van der Waals surface area contributed by atoms with Crippen molar-refractivity contribution in [3.63, 3.8) is 0 Å². The quantitative estimate of drug-likeness (QED) is 0.736. The van der Waals surface area contributed by atoms with Crippen molar-refractivity contribution in [1.29, 1.82) is 0 Å². The standard InChI is InChI=1S/C13H19O2/c1-5-14-12-7-11(10(3)4)8-13(9-12)15-6-2/h7-9H,5-6H2,1-4H3. The topological polar surface area (TPSA) is 18.5 Å². The lowest BCUT2D eigenvalue weighted by Crippen LogP contribution is -1.98. The molecule has 1 aromatic rings. The largest absolute Gasteiger partial charge is 0.494 e. The Kier molecular flexibility index (Phi) is 4.47. The molecule has 0 N–H and O–H groups in total. The molecule has 0 heterocycles. The summed E-state index contributed by atoms with van der Waals surface area (Å²) in [6.45, 7) is 9.49. The fourth-order valence-electron chi connectivity index (χ4n) is 1.36. The fraction of sp³-hybridized carbons (Fsp3) is 0.462. The monoisotopic (exact) mass is 207 g/mol. The van der Waals surface area contributed by atoms with Crippen molar-refractivity contribution >= 4 is 0 Å². The van der Waals surface area contributed by atoms with Crippen molar-refractivity contribution in [3.05, 3.63) is 29.7 Å². The van der Waals surface area contributed by atoms with Crippen LogP contribution in [0, 0.1) is 5.92 Å². The van der Waals surface area contributed by atoms with Gasteiger partial charge in [-0.05, 0) is 37.5 Å². The predicted molar refractivity (Wildman–Crippen MR) is 62.5 cm³/mol. The van der Waals surface area contributed by atoms with Gasteiger partial charge in [-0.25, -0.2) is 0 Å². The predicted octanol–water partition coefficient (Wildman–Crippen LogP) is 3.45. The molecule has 0 aromatic heterocycles. The molecule has 0 fully saturated rings. The summed E-state index contributed by atoms with van der Waals surface area (Å²) in [7, 11) is 0. The van der Waals surface area contributed by atoms with Crippen molar-refractivity contribution in [1.82, 2.24) is 0 Å². The maximum atomic E-state index is 5.49. The van der Waals surface area contributed by atoms with E-state index in [1.54, 1.807) is 0 Å². The van der Waals surface area contributed by atoms with Crippen LogP contribution in [-0.2, 0) is 0 Å². The van der Waals surface area contributed by atoms with Gasteiger partial charge in [-0.1, -0.05) is 13.8 Å². The molecule has 15 heavy (non-hydrogen) atoms. The average molecular weight is 207 g/mol. The van der Waals surface area contributed by atoms with Crippen LogP contribution in [0.4, 0.5) is 0 Å². The molecule has 1 aromatic carbocycles. The van der Waals surface area contributed by atoms with Gasteiger partial charge < -0.3 is 9.47 Å². The number of ether oxygens (including phenoxy) is 2. The second kappa shape index (κ2) is 5.64. The van der Waals surface area contributed by atoms with E-state index in [0.29, 0.717) is 13.2 Å². The first-order valence-electron chi connectivity index (χ1n) is 5.38. The lowest BCUT2D eigenvalue weighted by Gasteiger charge is -2.12. The van der Waals surface area contributed by atoms with Crippen LogP contribution in [0.5, 0.6) is 11.5 Å². The molecule has 83 valence electrons. The highest BCUT2D eigenvalue weighted by molar-refractivity contribution is 5.43. The SMILES string of the molecule is CCOc1cc(OCC)cc([C](C)C)c1. The van der Waals surface area contributed by atoms with Gasteiger partial charge in [0.2, 0.25) is 0 Å². The summed E-state index contributed by atoms with van der Waals surface area (Å²) < 4.78 is 11.0. The second-order valence-electron chi connectivity index (χ2n) is 3.56. The normalized spacial score (nSPS) is 10.5. The molecule has 0 unspecified atom stereocenters. The molecule has 0 aliphatic carbocycles. The van der Waals surface area contributed by atoms with Gasteiger partial charge in [-0.2, -0.15) is 0 Å². The van der Waals surface area contributed by atoms with E-state index in [4.69, 9.17) is 9.47 Å². The molecule has 2 nitrogen and oxygen atoms in total. The van der Waals surface area contributed by atoms with Crippen molar-refractivity contribution in [2.45, 2.75) is 27.7 Å². The van der Waals surface area contributed by atoms with Gasteiger partial charge in [-0.15, -0.1) is 0 Å². The lowest BCUT2D eigenvalue weighted by molar-refractivity contribution is 0.322. The maximum absolute atomic E-state index is 5.49. The minimum absolute atomic E-state index is 0.678. The van der Waals surface area contributed by atoms with Crippen LogP contribution in [0.15, 0.2) is 18.2 Å². The molecular formula is C13H19O2. The zero-order valence-electron chi connectivity index (χ0n) is 9.96. The van der Waals surface area contributed by atoms with Crippen LogP contribution >= 0.6 is 0 Å². The summed E-state index contributed by atoms with van der Waals surface area (Å²) in [6.07, 6.45) is 0. The Morgan fingerprint density at radius 2 is 1.40 bits per heavy atom. The Hall–Kier alpha value is -1.18. The van der Waals surface area contributed by atoms with E-state index in [9.17, 15) is 0 Å². The molecule has 1 rings (SSSR count). The Morgan fingerprint density at radius 3 is 1.73 bits per heavy atom. The highest BCUT2D eigenvalue weighted by Crippen LogP contribution is 2.27. The van der Waals surface area contributed by atoms with Crippen LogP contribution in [-0.4, -0.2) is 13.2 Å². The first kappa shape index (κ1) is 11.9. The first-order chi connectivity index (χ1) is 7.17. The molecule has 0 saturated heterocycles. The van der Waals surface area contributed by atoms with Gasteiger partial charge in [0.05, 0.1) is 13.2 Å². The summed E-state index contributed by atoms with van der Waals surface area (Å²) >= 11 is 0. The van der Waals surface area contributed by atoms with Crippen molar-refractivity contribution < 1.29 is 9.47 Å². The smallest absolute Gasteiger partial charge is 0.123 e. The molecular weight excluding hydrogens is 188 g/mol. The molecule has 0 amide bonds. The van der Waals surface area contributed by atoms with Crippen LogP contribution in [0.2, 0.25) is 0 Å². The highest BCUT2D eigenvalue weighted by Gasteiger charge is 2.05. The van der Waals surface area contributed by atoms with E-state index in [2.05, 4.69) is 13.8 Å². The zero-order valence-corrected chi connectivity index (χ0v) is 9.96. The van der Waals surface area contributed by atoms with E-state index in [-0.39, 0.29) is 0 Å². The van der Waals surface area contributed by atoms with E-state index in [1.807, 2.05) is 32.0 Å². The number of rotatable bonds is 5. The van der Waals surface area contributed by atoms with Gasteiger partial charge in [0.15, 0.2) is 0 Å². The van der Waals surface area contributed by atoms with Gasteiger partial charge in [0.25, 0.3) is 0 Å². The lowest BCUT2D eigenvalue weighted by atomic mass is 10.0. The average Bonchev–Trinajstić information content (AvgIpc) is 2.18. The molecule has 0 bridgehead atoms. The minimum Gasteiger partial charge on any atom is -0.494 e. The molecule has 0 aliphatic heterocycles. The van der Waals surface area contributed by atoms with Gasteiger partial charge in [-0.3, -0.25) is 0 Å². The number of hydrogen-bond acceptors (Lipinski definition) is 2. The summed E-state index contributed by atoms with van der Waals surface area (Å²) in [5.41, 5.74) is 1.17. The molecule has 0 spiro atoms. The van der Waals surface area contributed by atoms with Crippen LogP contribution in [0.25, 0.3) is 0 Å². The van der Waals surface area contributed by atoms with E-state index in [0.717, 1.165) is 11.5 Å². The van der Waals surface area contributed by atoms with E-state index in [1.165, 1.54) is 11.5 Å². The Balaban J connectivity index is 2.97. The van der Waals surface area contributed by atoms with Crippen molar-refractivity contribution in [2.24, 2.45) is 0 Å². The van der Waals surface area contributed by atoms with Crippen LogP contribution in [0.1, 0.15) is 33.3 Å². The summed E-state index contributed by atoms with van der Waals surface area (Å²) in [5.74, 6) is 3.01. The third kappa shape index (κ3) is 3.46. The minimum atomic E-state index is 0.678. The summed E-state index contributed by atoms with van der Waals surface area (Å²) in [5, 5.41) is 0. The maximum Gasteiger partial charge on any atom is 0.123 e. The third-order valence-electron chi connectivity index (χ3n) is 2.08. The van der Waals surface area contributed by atoms with E-state index < -0.39 is 0 Å². The van der Waals surface area contributed by atoms with Gasteiger partial charge in [0, 0.05) is 6.07 Å². The Morgan fingerprint density at radius 1 is 0.933 bits per heavy atom. The van der Waals surface area contributed by atoms with Gasteiger partial charge >= 0.3 is 0 Å². The van der Waals surface area contributed by atoms with Crippen LogP contribution in [0.3, 0.4) is 0 Å². The van der Waals surface area contributed by atoms with Crippen molar-refractivity contribution in [2.75, 3.05) is 13.2 Å². The fourth-order valence-corrected chi connectivity index (χ4v) is 1.36. The molecule has 0 atom stereocenters.